The Bertz CT molecular complexity index is 868. The Morgan fingerprint density at radius 3 is 2.56 bits per heavy atom. The van der Waals surface area contributed by atoms with Crippen LogP contribution < -0.4 is 5.32 Å². The van der Waals surface area contributed by atoms with Gasteiger partial charge < -0.3 is 10.1 Å². The van der Waals surface area contributed by atoms with Gasteiger partial charge in [-0.2, -0.15) is 0 Å². The maximum atomic E-state index is 13.8. The van der Waals surface area contributed by atoms with Crippen molar-refractivity contribution in [3.63, 3.8) is 0 Å². The lowest BCUT2D eigenvalue weighted by Crippen LogP contribution is -2.47. The summed E-state index contributed by atoms with van der Waals surface area (Å²) in [5.41, 5.74) is 0.734. The monoisotopic (exact) mass is 378 g/mol. The number of amides is 2. The minimum absolute atomic E-state index is 0.192. The molecular weight excluding hydrogens is 361 g/mol. The van der Waals surface area contributed by atoms with E-state index in [1.807, 2.05) is 0 Å². The van der Waals surface area contributed by atoms with E-state index in [1.54, 1.807) is 6.07 Å². The minimum atomic E-state index is -1.16. The van der Waals surface area contributed by atoms with Crippen molar-refractivity contribution in [2.45, 2.75) is 19.0 Å². The molecule has 2 aromatic carbocycles. The summed E-state index contributed by atoms with van der Waals surface area (Å²) in [6.07, 6.45) is -0.321. The smallest absolute Gasteiger partial charge is 0.410 e. The Morgan fingerprint density at radius 1 is 1.19 bits per heavy atom. The highest BCUT2D eigenvalue weighted by molar-refractivity contribution is 5.87. The summed E-state index contributed by atoms with van der Waals surface area (Å²) in [5.74, 6) is -2.83. The molecule has 3 rings (SSSR count). The molecule has 142 valence electrons. The number of rotatable bonds is 3. The molecule has 1 aliphatic rings. The third-order valence-electron chi connectivity index (χ3n) is 4.49. The molecule has 0 saturated heterocycles. The number of methoxy groups -OCH3 is 1. The number of fused-ring (bicyclic) bond motifs is 1. The fourth-order valence-corrected chi connectivity index (χ4v) is 3.16. The number of halogens is 3. The van der Waals surface area contributed by atoms with Crippen LogP contribution in [0.25, 0.3) is 0 Å². The van der Waals surface area contributed by atoms with Gasteiger partial charge in [-0.15, -0.1) is 0 Å². The molecule has 0 spiro atoms. The fraction of sp³-hybridized carbons (Fsp3) is 0.263. The number of ether oxygens (including phenoxy) is 1. The molecule has 0 fully saturated rings. The Labute approximate surface area is 153 Å². The summed E-state index contributed by atoms with van der Waals surface area (Å²) >= 11 is 0. The molecule has 2 amide bonds. The zero-order valence-electron chi connectivity index (χ0n) is 14.5. The predicted octanol–water partition coefficient (Wildman–Crippen LogP) is 3.09. The van der Waals surface area contributed by atoms with Crippen molar-refractivity contribution in [2.24, 2.45) is 0 Å². The van der Waals surface area contributed by atoms with E-state index in [-0.39, 0.29) is 12.1 Å². The van der Waals surface area contributed by atoms with Gasteiger partial charge in [0.15, 0.2) is 0 Å². The first-order chi connectivity index (χ1) is 12.9. The van der Waals surface area contributed by atoms with Gasteiger partial charge in [0.25, 0.3) is 0 Å². The molecule has 0 radical (unpaired) electrons. The summed E-state index contributed by atoms with van der Waals surface area (Å²) in [6, 6.07) is 6.22. The Kier molecular flexibility index (Phi) is 5.34. The van der Waals surface area contributed by atoms with E-state index in [0.717, 1.165) is 17.0 Å². The first-order valence-electron chi connectivity index (χ1n) is 8.26. The molecule has 0 saturated carbocycles. The van der Waals surface area contributed by atoms with Crippen molar-refractivity contribution in [1.29, 1.82) is 0 Å². The SMILES string of the molecule is COC(=O)N1CCc2ccc(F)cc2C1C(=O)NCc1c(F)cccc1F. The number of nitrogens with zero attached hydrogens (tertiary/aromatic N) is 1. The van der Waals surface area contributed by atoms with Crippen LogP contribution in [-0.4, -0.2) is 30.6 Å². The van der Waals surface area contributed by atoms with Crippen LogP contribution in [0.5, 0.6) is 0 Å². The number of hydrogen-bond donors (Lipinski definition) is 1. The Morgan fingerprint density at radius 2 is 1.89 bits per heavy atom. The molecule has 1 N–H and O–H groups in total. The van der Waals surface area contributed by atoms with E-state index >= 15 is 0 Å². The third-order valence-corrected chi connectivity index (χ3v) is 4.49. The van der Waals surface area contributed by atoms with Gasteiger partial charge in [0.05, 0.1) is 7.11 Å². The fourth-order valence-electron chi connectivity index (χ4n) is 3.16. The summed E-state index contributed by atoms with van der Waals surface area (Å²) in [6.45, 7) is -0.217. The Hall–Kier alpha value is -3.03. The van der Waals surface area contributed by atoms with Gasteiger partial charge >= 0.3 is 6.09 Å². The average Bonchev–Trinajstić information content (AvgIpc) is 2.65. The topological polar surface area (TPSA) is 58.6 Å². The van der Waals surface area contributed by atoms with Crippen molar-refractivity contribution in [3.8, 4) is 0 Å². The molecule has 1 atom stereocenters. The molecule has 0 aliphatic carbocycles. The van der Waals surface area contributed by atoms with Crippen LogP contribution in [0.3, 0.4) is 0 Å². The van der Waals surface area contributed by atoms with E-state index in [2.05, 4.69) is 5.32 Å². The summed E-state index contributed by atoms with van der Waals surface area (Å²) in [7, 11) is 1.17. The molecule has 5 nitrogen and oxygen atoms in total. The molecule has 27 heavy (non-hydrogen) atoms. The van der Waals surface area contributed by atoms with Crippen LogP contribution in [0.2, 0.25) is 0 Å². The van der Waals surface area contributed by atoms with Gasteiger partial charge in [0.1, 0.15) is 23.5 Å². The van der Waals surface area contributed by atoms with Crippen molar-refractivity contribution >= 4 is 12.0 Å². The van der Waals surface area contributed by atoms with Crippen molar-refractivity contribution in [3.05, 3.63) is 70.5 Å². The molecule has 0 aromatic heterocycles. The number of hydrogen-bond acceptors (Lipinski definition) is 3. The first-order valence-corrected chi connectivity index (χ1v) is 8.26. The van der Waals surface area contributed by atoms with Crippen LogP contribution in [0.15, 0.2) is 36.4 Å². The zero-order chi connectivity index (χ0) is 19.6. The highest BCUT2D eigenvalue weighted by Crippen LogP contribution is 2.31. The predicted molar refractivity (Wildman–Crippen MR) is 90.2 cm³/mol. The second-order valence-corrected chi connectivity index (χ2v) is 6.08. The number of carbonyl (C=O) groups excluding carboxylic acids is 2. The van der Waals surface area contributed by atoms with E-state index < -0.39 is 42.0 Å². The number of benzene rings is 2. The Balaban J connectivity index is 1.89. The average molecular weight is 378 g/mol. The van der Waals surface area contributed by atoms with Crippen LogP contribution in [0.4, 0.5) is 18.0 Å². The van der Waals surface area contributed by atoms with E-state index in [9.17, 15) is 22.8 Å². The van der Waals surface area contributed by atoms with Crippen LogP contribution in [0, 0.1) is 17.5 Å². The third kappa shape index (κ3) is 3.74. The van der Waals surface area contributed by atoms with Gasteiger partial charge in [0.2, 0.25) is 5.91 Å². The van der Waals surface area contributed by atoms with Gasteiger partial charge in [-0.25, -0.2) is 18.0 Å². The van der Waals surface area contributed by atoms with Crippen LogP contribution in [-0.2, 0) is 22.5 Å². The summed E-state index contributed by atoms with van der Waals surface area (Å²) < 4.78 is 46.0. The first kappa shape index (κ1) is 18.8. The molecule has 0 bridgehead atoms. The van der Waals surface area contributed by atoms with Crippen molar-refractivity contribution in [1.82, 2.24) is 10.2 Å². The van der Waals surface area contributed by atoms with Gasteiger partial charge in [-0.1, -0.05) is 12.1 Å². The van der Waals surface area contributed by atoms with Gasteiger partial charge in [0, 0.05) is 18.7 Å². The summed E-state index contributed by atoms with van der Waals surface area (Å²) in [5, 5.41) is 2.43. The van der Waals surface area contributed by atoms with Gasteiger partial charge in [-0.05, 0) is 41.8 Å². The summed E-state index contributed by atoms with van der Waals surface area (Å²) in [4.78, 5) is 26.0. The molecule has 2 aromatic rings. The van der Waals surface area contributed by atoms with E-state index in [1.165, 1.54) is 25.3 Å². The standard InChI is InChI=1S/C19H17F3N2O3/c1-27-19(26)24-8-7-11-5-6-12(20)9-13(11)17(24)18(25)23-10-14-15(21)3-2-4-16(14)22/h2-6,9,17H,7-8,10H2,1H3,(H,23,25). The van der Waals surface area contributed by atoms with E-state index in [4.69, 9.17) is 4.74 Å². The van der Waals surface area contributed by atoms with Crippen LogP contribution in [0.1, 0.15) is 22.7 Å². The second-order valence-electron chi connectivity index (χ2n) is 6.08. The second kappa shape index (κ2) is 7.69. The maximum absolute atomic E-state index is 13.8. The van der Waals surface area contributed by atoms with Gasteiger partial charge in [-0.3, -0.25) is 9.69 Å². The molecule has 1 aliphatic heterocycles. The molecule has 1 heterocycles. The molecular formula is C19H17F3N2O3. The molecule has 8 heteroatoms. The lowest BCUT2D eigenvalue weighted by atomic mass is 9.92. The highest BCUT2D eigenvalue weighted by atomic mass is 19.1. The lowest BCUT2D eigenvalue weighted by molar-refractivity contribution is -0.126. The maximum Gasteiger partial charge on any atom is 0.410 e. The van der Waals surface area contributed by atoms with E-state index in [0.29, 0.717) is 17.5 Å². The minimum Gasteiger partial charge on any atom is -0.453 e. The number of nitrogens with one attached hydrogen (secondary N) is 1. The number of carbonyl (C=O) groups is 2. The largest absolute Gasteiger partial charge is 0.453 e. The molecule has 1 unspecified atom stereocenters. The lowest BCUT2D eigenvalue weighted by Gasteiger charge is -2.35. The highest BCUT2D eigenvalue weighted by Gasteiger charge is 2.37. The quantitative estimate of drug-likeness (QED) is 0.893. The van der Waals surface area contributed by atoms with Crippen molar-refractivity contribution < 1.29 is 27.5 Å². The normalized spacial score (nSPS) is 15.9. The van der Waals surface area contributed by atoms with Crippen molar-refractivity contribution in [2.75, 3.05) is 13.7 Å². The van der Waals surface area contributed by atoms with Crippen LogP contribution >= 0.6 is 0 Å². The zero-order valence-corrected chi connectivity index (χ0v) is 14.5.